The Morgan fingerprint density at radius 3 is 1.00 bits per heavy atom. The summed E-state index contributed by atoms with van der Waals surface area (Å²) in [7, 11) is 0. The van der Waals surface area contributed by atoms with Gasteiger partial charge in [0.15, 0.2) is 0 Å². The molecule has 30 valence electrons. The summed E-state index contributed by atoms with van der Waals surface area (Å²) in [5.41, 5.74) is 0. The third-order valence-corrected chi connectivity index (χ3v) is 0. The second-order valence-electron chi connectivity index (χ2n) is 0. The first-order chi connectivity index (χ1) is 0. The fraction of sp³-hybridized carbons (Fsp3) is 0. The molecule has 0 amide bonds. The van der Waals surface area contributed by atoms with Crippen molar-refractivity contribution in [2.24, 2.45) is 0 Å². The maximum absolute atomic E-state index is 0. The normalized spacial score (nSPS) is 0. The van der Waals surface area contributed by atoms with Crippen molar-refractivity contribution in [1.29, 1.82) is 0 Å². The Balaban J connectivity index is 0. The first-order valence-corrected chi connectivity index (χ1v) is 0. The largest absolute Gasteiger partial charge is 0.146 e. The van der Waals surface area contributed by atoms with E-state index in [2.05, 4.69) is 0 Å². The second kappa shape index (κ2) is 21.7. The molecular formula is H5AlFeNiSi. The molecule has 0 aromatic carbocycles. The van der Waals surface area contributed by atoms with Crippen LogP contribution in [0.5, 0.6) is 0 Å². The van der Waals surface area contributed by atoms with Crippen LogP contribution in [0.4, 0.5) is 0 Å². The quantitative estimate of drug-likeness (QED) is 0.369. The SMILES string of the molecule is [AlH2].[Fe].[Ni].[SiH3]. The summed E-state index contributed by atoms with van der Waals surface area (Å²) in [6.45, 7) is 0. The molecule has 0 aliphatic heterocycles. The molecule has 4 heteroatoms. The van der Waals surface area contributed by atoms with Crippen LogP contribution < -0.4 is 0 Å². The van der Waals surface area contributed by atoms with Crippen LogP contribution in [0.1, 0.15) is 0 Å². The van der Waals surface area contributed by atoms with Crippen molar-refractivity contribution in [3.63, 3.8) is 0 Å². The zero-order valence-corrected chi connectivity index (χ0v) is 8.76. The molecule has 0 saturated carbocycles. The van der Waals surface area contributed by atoms with Crippen molar-refractivity contribution in [2.75, 3.05) is 0 Å². The molecule has 0 unspecified atom stereocenters. The van der Waals surface area contributed by atoms with Crippen LogP contribution >= 0.6 is 0 Å². The minimum absolute atomic E-state index is 0. The van der Waals surface area contributed by atoms with Gasteiger partial charge in [0.05, 0.1) is 0 Å². The van der Waals surface area contributed by atoms with E-state index in [0.29, 0.717) is 0 Å². The predicted molar refractivity (Wildman–Crippen MR) is 18.5 cm³/mol. The van der Waals surface area contributed by atoms with Gasteiger partial charge in [0.25, 0.3) is 0 Å². The van der Waals surface area contributed by atoms with Crippen molar-refractivity contribution < 1.29 is 33.6 Å². The van der Waals surface area contributed by atoms with E-state index in [1.807, 2.05) is 0 Å². The zero-order chi connectivity index (χ0) is 0. The number of hydrogen-bond acceptors (Lipinski definition) is 0. The molecule has 0 aromatic heterocycles. The molecule has 0 spiro atoms. The first kappa shape index (κ1) is 42.1. The molecule has 0 nitrogen and oxygen atoms in total. The van der Waals surface area contributed by atoms with E-state index in [9.17, 15) is 0 Å². The van der Waals surface area contributed by atoms with Gasteiger partial charge in [-0.1, -0.05) is 0 Å². The predicted octanol–water partition coefficient (Wildman–Crippen LogP) is -2.11. The standard InChI is InChI=1S/Al.Fe.Ni.H3Si.2H/h;;;1H3;;. The molecule has 0 atom stereocenters. The maximum Gasteiger partial charge on any atom is 0.146 e. The van der Waals surface area contributed by atoms with Gasteiger partial charge in [0.2, 0.25) is 0 Å². The van der Waals surface area contributed by atoms with E-state index in [-0.39, 0.29) is 61.9 Å². The van der Waals surface area contributed by atoms with Crippen molar-refractivity contribution in [3.8, 4) is 0 Å². The number of hydrogen-bond donors (Lipinski definition) is 0. The minimum atomic E-state index is 0. The van der Waals surface area contributed by atoms with Gasteiger partial charge >= 0.3 is 0 Å². The molecule has 0 aliphatic rings. The van der Waals surface area contributed by atoms with Crippen LogP contribution in [0, 0.1) is 0 Å². The zero-order valence-electron chi connectivity index (χ0n) is 2.67. The van der Waals surface area contributed by atoms with E-state index in [1.165, 1.54) is 0 Å². The molecule has 0 saturated heterocycles. The van der Waals surface area contributed by atoms with Crippen LogP contribution in [-0.4, -0.2) is 28.3 Å². The van der Waals surface area contributed by atoms with E-state index in [0.717, 1.165) is 0 Å². The summed E-state index contributed by atoms with van der Waals surface area (Å²) < 4.78 is 0. The van der Waals surface area contributed by atoms with Crippen molar-refractivity contribution in [1.82, 2.24) is 0 Å². The fourth-order valence-electron chi connectivity index (χ4n) is 0. The van der Waals surface area contributed by atoms with Gasteiger partial charge in [-0.25, -0.2) is 0 Å². The Bertz CT molecular complexity index is 8.00. The van der Waals surface area contributed by atoms with E-state index < -0.39 is 0 Å². The van der Waals surface area contributed by atoms with Gasteiger partial charge < -0.3 is 0 Å². The molecule has 0 N–H and O–H groups in total. The molecule has 0 heterocycles. The average molecular weight is 175 g/mol. The van der Waals surface area contributed by atoms with Crippen LogP contribution in [0.15, 0.2) is 0 Å². The van der Waals surface area contributed by atoms with Crippen molar-refractivity contribution in [3.05, 3.63) is 0 Å². The van der Waals surface area contributed by atoms with E-state index >= 15 is 0 Å². The molecule has 0 rings (SSSR count). The Kier molecular flexibility index (Phi) is 228. The van der Waals surface area contributed by atoms with Gasteiger partial charge in [0.1, 0.15) is 17.4 Å². The Hall–Kier alpha value is 1.76. The van der Waals surface area contributed by atoms with E-state index in [4.69, 9.17) is 0 Å². The van der Waals surface area contributed by atoms with E-state index in [1.54, 1.807) is 0 Å². The second-order valence-corrected chi connectivity index (χ2v) is 0. The number of rotatable bonds is 0. The average Bonchev–Trinajstić information content (AvgIpc) is 0. The van der Waals surface area contributed by atoms with Crippen LogP contribution in [0.25, 0.3) is 0 Å². The molecule has 2 radical (unpaired) electrons. The molecule has 4 heavy (non-hydrogen) atoms. The maximum atomic E-state index is 0. The first-order valence-electron chi connectivity index (χ1n) is 0. The Labute approximate surface area is 61.7 Å². The van der Waals surface area contributed by atoms with Crippen LogP contribution in [0.2, 0.25) is 0 Å². The van der Waals surface area contributed by atoms with Crippen molar-refractivity contribution in [2.45, 2.75) is 0 Å². The smallest absolute Gasteiger partial charge is 0.0125 e. The van der Waals surface area contributed by atoms with Gasteiger partial charge in [-0.15, -0.1) is 0 Å². The summed E-state index contributed by atoms with van der Waals surface area (Å²) >= 11 is 0. The summed E-state index contributed by atoms with van der Waals surface area (Å²) in [4.78, 5) is 0. The fourth-order valence-corrected chi connectivity index (χ4v) is 0. The molecular weight excluding hydrogens is 170 g/mol. The van der Waals surface area contributed by atoms with Crippen LogP contribution in [-0.2, 0) is 33.6 Å². The molecule has 0 fully saturated rings. The summed E-state index contributed by atoms with van der Waals surface area (Å²) in [6.07, 6.45) is 0. The molecule has 0 aromatic rings. The molecule has 0 aliphatic carbocycles. The van der Waals surface area contributed by atoms with Crippen LogP contribution in [0.3, 0.4) is 0 Å². The van der Waals surface area contributed by atoms with Gasteiger partial charge in [0, 0.05) is 33.6 Å². The third kappa shape index (κ3) is 9.24. The third-order valence-electron chi connectivity index (χ3n) is 0. The molecule has 0 bridgehead atoms. The summed E-state index contributed by atoms with van der Waals surface area (Å²) in [5, 5.41) is 0. The van der Waals surface area contributed by atoms with Gasteiger partial charge in [-0.2, -0.15) is 0 Å². The van der Waals surface area contributed by atoms with Gasteiger partial charge in [-0.3, -0.25) is 0 Å². The van der Waals surface area contributed by atoms with Gasteiger partial charge in [-0.05, 0) is 11.0 Å². The topological polar surface area (TPSA) is 0 Å². The summed E-state index contributed by atoms with van der Waals surface area (Å²) in [5.74, 6) is 0. The Morgan fingerprint density at radius 2 is 1.00 bits per heavy atom. The minimum Gasteiger partial charge on any atom is -0.0125 e. The Morgan fingerprint density at radius 1 is 1.00 bits per heavy atom. The van der Waals surface area contributed by atoms with Crippen molar-refractivity contribution >= 4 is 28.3 Å². The monoisotopic (exact) mass is 174 g/mol. The summed E-state index contributed by atoms with van der Waals surface area (Å²) in [6, 6.07) is 0.